The molecule has 0 saturated heterocycles. The van der Waals surface area contributed by atoms with Crippen molar-refractivity contribution in [3.8, 4) is 0 Å². The Morgan fingerprint density at radius 1 is 1.18 bits per heavy atom. The summed E-state index contributed by atoms with van der Waals surface area (Å²) in [5.41, 5.74) is 0. The first-order chi connectivity index (χ1) is 4.68. The summed E-state index contributed by atoms with van der Waals surface area (Å²) in [5, 5.41) is 8.07. The van der Waals surface area contributed by atoms with E-state index in [1.165, 1.54) is 0 Å². The van der Waals surface area contributed by atoms with Crippen molar-refractivity contribution in [1.29, 1.82) is 0 Å². The minimum Gasteiger partial charge on any atom is -0.396 e. The van der Waals surface area contributed by atoms with Crippen molar-refractivity contribution in [2.45, 2.75) is 34.1 Å². The zero-order valence-electron chi connectivity index (χ0n) is 7.72. The van der Waals surface area contributed by atoms with Gasteiger partial charge in [-0.15, -0.1) is 0 Å². The van der Waals surface area contributed by atoms with Crippen molar-refractivity contribution >= 4 is 0 Å². The van der Waals surface area contributed by atoms with Crippen molar-refractivity contribution in [3.05, 3.63) is 0 Å². The standard InChI is InChI=1S/C4H11N.C4H10O.CH4/c1-4-5(2)3;1-2-3-4-5;/h4H2,1-3H3;5H,2-4H2,1H3;1H4. The molecule has 0 aliphatic heterocycles. The van der Waals surface area contributed by atoms with Gasteiger partial charge >= 0.3 is 0 Å². The lowest BCUT2D eigenvalue weighted by molar-refractivity contribution is 0.287. The molecule has 0 amide bonds. The van der Waals surface area contributed by atoms with Gasteiger partial charge in [0.1, 0.15) is 0 Å². The van der Waals surface area contributed by atoms with Crippen LogP contribution in [0.4, 0.5) is 0 Å². The van der Waals surface area contributed by atoms with E-state index in [-0.39, 0.29) is 7.43 Å². The molecule has 0 aromatic carbocycles. The summed E-state index contributed by atoms with van der Waals surface area (Å²) in [7, 11) is 4.11. The van der Waals surface area contributed by atoms with Crippen molar-refractivity contribution in [2.24, 2.45) is 0 Å². The Hall–Kier alpha value is -0.0800. The SMILES string of the molecule is C.CCCCO.CCN(C)C. The van der Waals surface area contributed by atoms with Gasteiger partial charge in [0.15, 0.2) is 0 Å². The number of aliphatic hydroxyl groups excluding tert-OH is 1. The van der Waals surface area contributed by atoms with Crippen LogP contribution in [0.15, 0.2) is 0 Å². The van der Waals surface area contributed by atoms with Crippen molar-refractivity contribution in [3.63, 3.8) is 0 Å². The molecule has 11 heavy (non-hydrogen) atoms. The topological polar surface area (TPSA) is 23.5 Å². The van der Waals surface area contributed by atoms with Crippen LogP contribution in [-0.4, -0.2) is 37.3 Å². The quantitative estimate of drug-likeness (QED) is 0.687. The van der Waals surface area contributed by atoms with E-state index in [0.29, 0.717) is 6.61 Å². The highest BCUT2D eigenvalue weighted by Crippen LogP contribution is 1.78. The molecule has 0 heterocycles. The lowest BCUT2D eigenvalue weighted by Gasteiger charge is -2.00. The molecule has 0 saturated carbocycles. The molecule has 0 atom stereocenters. The third kappa shape index (κ3) is 40.5. The lowest BCUT2D eigenvalue weighted by atomic mass is 10.4. The van der Waals surface area contributed by atoms with E-state index >= 15 is 0 Å². The van der Waals surface area contributed by atoms with Gasteiger partial charge in [-0.05, 0) is 27.1 Å². The van der Waals surface area contributed by atoms with Crippen LogP contribution >= 0.6 is 0 Å². The van der Waals surface area contributed by atoms with E-state index in [9.17, 15) is 0 Å². The van der Waals surface area contributed by atoms with Crippen LogP contribution in [0.2, 0.25) is 0 Å². The van der Waals surface area contributed by atoms with E-state index in [2.05, 4.69) is 32.8 Å². The molecule has 72 valence electrons. The first-order valence-corrected chi connectivity index (χ1v) is 3.94. The Morgan fingerprint density at radius 2 is 1.55 bits per heavy atom. The van der Waals surface area contributed by atoms with Crippen LogP contribution in [0.5, 0.6) is 0 Å². The molecule has 0 unspecified atom stereocenters. The van der Waals surface area contributed by atoms with E-state index in [1.54, 1.807) is 0 Å². The molecule has 0 fully saturated rings. The molecule has 1 N–H and O–H groups in total. The fourth-order valence-electron chi connectivity index (χ4n) is 0.158. The predicted molar refractivity (Wildman–Crippen MR) is 53.0 cm³/mol. The second kappa shape index (κ2) is 16.5. The van der Waals surface area contributed by atoms with Crippen molar-refractivity contribution in [2.75, 3.05) is 27.2 Å². The van der Waals surface area contributed by atoms with Crippen molar-refractivity contribution < 1.29 is 5.11 Å². The second-order valence-electron chi connectivity index (χ2n) is 2.47. The number of unbranched alkanes of at least 4 members (excludes halogenated alkanes) is 1. The summed E-state index contributed by atoms with van der Waals surface area (Å²) in [4.78, 5) is 2.12. The zero-order valence-corrected chi connectivity index (χ0v) is 7.72. The maximum absolute atomic E-state index is 8.07. The van der Waals surface area contributed by atoms with E-state index in [0.717, 1.165) is 19.4 Å². The Morgan fingerprint density at radius 3 is 1.55 bits per heavy atom. The number of hydrogen-bond donors (Lipinski definition) is 1. The van der Waals surface area contributed by atoms with Gasteiger partial charge in [-0.3, -0.25) is 0 Å². The molecular formula is C9H25NO. The first kappa shape index (κ1) is 17.1. The molecule has 0 aliphatic rings. The monoisotopic (exact) mass is 163 g/mol. The average molecular weight is 163 g/mol. The fourth-order valence-corrected chi connectivity index (χ4v) is 0.158. The zero-order chi connectivity index (χ0) is 8.41. The Kier molecular flexibility index (Phi) is 25.7. The Bertz CT molecular complexity index is 44.8. The molecule has 0 spiro atoms. The third-order valence-electron chi connectivity index (χ3n) is 1.14. The van der Waals surface area contributed by atoms with Crippen molar-refractivity contribution in [1.82, 2.24) is 4.90 Å². The second-order valence-corrected chi connectivity index (χ2v) is 2.47. The summed E-state index contributed by atoms with van der Waals surface area (Å²) < 4.78 is 0. The largest absolute Gasteiger partial charge is 0.396 e. The number of nitrogens with zero attached hydrogens (tertiary/aromatic N) is 1. The summed E-state index contributed by atoms with van der Waals surface area (Å²) in [5.74, 6) is 0. The number of aliphatic hydroxyl groups is 1. The predicted octanol–water partition coefficient (Wildman–Crippen LogP) is 1.98. The smallest absolute Gasteiger partial charge is 0.0430 e. The Labute approximate surface area is 72.2 Å². The Balaban J connectivity index is -0.000000107. The summed E-state index contributed by atoms with van der Waals surface area (Å²) in [6.45, 7) is 5.66. The lowest BCUT2D eigenvalue weighted by Crippen LogP contribution is -2.08. The summed E-state index contributed by atoms with van der Waals surface area (Å²) >= 11 is 0. The van der Waals surface area contributed by atoms with Gasteiger partial charge in [0.05, 0.1) is 0 Å². The van der Waals surface area contributed by atoms with Crippen LogP contribution < -0.4 is 0 Å². The molecular weight excluding hydrogens is 138 g/mol. The van der Waals surface area contributed by atoms with Gasteiger partial charge < -0.3 is 10.0 Å². The third-order valence-corrected chi connectivity index (χ3v) is 1.14. The van der Waals surface area contributed by atoms with Gasteiger partial charge in [-0.25, -0.2) is 0 Å². The van der Waals surface area contributed by atoms with Gasteiger partial charge in [-0.2, -0.15) is 0 Å². The first-order valence-electron chi connectivity index (χ1n) is 3.94. The number of hydrogen-bond acceptors (Lipinski definition) is 2. The van der Waals surface area contributed by atoms with Crippen LogP contribution in [-0.2, 0) is 0 Å². The van der Waals surface area contributed by atoms with E-state index < -0.39 is 0 Å². The van der Waals surface area contributed by atoms with E-state index in [1.807, 2.05) is 0 Å². The highest BCUT2D eigenvalue weighted by Gasteiger charge is 1.72. The molecule has 0 rings (SSSR count). The number of rotatable bonds is 3. The highest BCUT2D eigenvalue weighted by molar-refractivity contribution is 4.25. The molecule has 0 radical (unpaired) electrons. The normalized spacial score (nSPS) is 8.18. The van der Waals surface area contributed by atoms with Gasteiger partial charge in [-0.1, -0.05) is 27.7 Å². The fraction of sp³-hybridized carbons (Fsp3) is 1.00. The summed E-state index contributed by atoms with van der Waals surface area (Å²) in [6, 6.07) is 0. The van der Waals surface area contributed by atoms with E-state index in [4.69, 9.17) is 5.11 Å². The molecule has 0 aromatic rings. The minimum atomic E-state index is 0. The van der Waals surface area contributed by atoms with Gasteiger partial charge in [0, 0.05) is 6.61 Å². The van der Waals surface area contributed by atoms with Crippen LogP contribution in [0, 0.1) is 0 Å². The molecule has 0 aliphatic carbocycles. The molecule has 0 bridgehead atoms. The van der Waals surface area contributed by atoms with Crippen LogP contribution in [0.1, 0.15) is 34.1 Å². The highest BCUT2D eigenvalue weighted by atomic mass is 16.2. The van der Waals surface area contributed by atoms with Crippen LogP contribution in [0.25, 0.3) is 0 Å². The minimum absolute atomic E-state index is 0. The van der Waals surface area contributed by atoms with Gasteiger partial charge in [0.25, 0.3) is 0 Å². The van der Waals surface area contributed by atoms with Crippen LogP contribution in [0.3, 0.4) is 0 Å². The summed E-state index contributed by atoms with van der Waals surface area (Å²) in [6.07, 6.45) is 2.04. The maximum Gasteiger partial charge on any atom is 0.0430 e. The molecule has 2 heteroatoms. The molecule has 0 aromatic heterocycles. The van der Waals surface area contributed by atoms with Gasteiger partial charge in [0.2, 0.25) is 0 Å². The average Bonchev–Trinajstić information content (AvgIpc) is 1.91. The molecule has 2 nitrogen and oxygen atoms in total. The maximum atomic E-state index is 8.07.